The van der Waals surface area contributed by atoms with Gasteiger partial charge in [-0.15, -0.1) is 0 Å². The third-order valence-corrected chi connectivity index (χ3v) is 13.6. The lowest BCUT2D eigenvalue weighted by Crippen LogP contribution is -2.34. The summed E-state index contributed by atoms with van der Waals surface area (Å²) in [6, 6.07) is 7.49. The highest BCUT2D eigenvalue weighted by Crippen LogP contribution is 2.22. The predicted octanol–water partition coefficient (Wildman–Crippen LogP) is 15.1. The van der Waals surface area contributed by atoms with E-state index in [-0.39, 0.29) is 24.0 Å². The lowest BCUT2D eigenvalue weighted by molar-refractivity contribution is -0.150. The van der Waals surface area contributed by atoms with Crippen LogP contribution in [0.15, 0.2) is 30.5 Å². The fourth-order valence-electron chi connectivity index (χ4n) is 9.36. The zero-order chi connectivity index (χ0) is 48.4. The van der Waals surface area contributed by atoms with Gasteiger partial charge in [0.25, 0.3) is 0 Å². The predicted molar refractivity (Wildman–Crippen MR) is 281 cm³/mol. The molecule has 9 nitrogen and oxygen atoms in total. The van der Waals surface area contributed by atoms with Gasteiger partial charge >= 0.3 is 17.9 Å². The number of hydrogen-bond donors (Lipinski definition) is 1. The van der Waals surface area contributed by atoms with Crippen LogP contribution in [0.2, 0.25) is 0 Å². The molecule has 9 heteroatoms. The van der Waals surface area contributed by atoms with Gasteiger partial charge in [0.15, 0.2) is 0 Å². The number of esters is 3. The van der Waals surface area contributed by atoms with Crippen molar-refractivity contribution in [1.82, 2.24) is 9.47 Å². The second kappa shape index (κ2) is 42.0. The van der Waals surface area contributed by atoms with Gasteiger partial charge in [-0.2, -0.15) is 0 Å². The van der Waals surface area contributed by atoms with Crippen LogP contribution in [0.25, 0.3) is 10.9 Å². The van der Waals surface area contributed by atoms with Gasteiger partial charge in [0, 0.05) is 43.4 Å². The molecule has 2 aromatic rings. The monoisotopic (exact) mass is 938 g/mol. The molecule has 0 fully saturated rings. The van der Waals surface area contributed by atoms with E-state index in [9.17, 15) is 14.4 Å². The molecular weight excluding hydrogens is 835 g/mol. The van der Waals surface area contributed by atoms with Crippen molar-refractivity contribution in [3.05, 3.63) is 36.0 Å². The quantitative estimate of drug-likeness (QED) is 0.0397. The number of hydrogen-bond acceptors (Lipinski definition) is 8. The van der Waals surface area contributed by atoms with Gasteiger partial charge in [-0.1, -0.05) is 180 Å². The highest BCUT2D eigenvalue weighted by atomic mass is 16.5. The normalized spacial score (nSPS) is 12.1. The largest absolute Gasteiger partial charge is 0.466 e. The summed E-state index contributed by atoms with van der Waals surface area (Å²) in [5.74, 6) is -0.402. The molecule has 0 amide bonds. The Bertz CT molecular complexity index is 1480. The van der Waals surface area contributed by atoms with Crippen LogP contribution in [0.3, 0.4) is 0 Å². The van der Waals surface area contributed by atoms with Gasteiger partial charge in [0.2, 0.25) is 0 Å². The number of carbonyl (C=O) groups excluding carboxylic acids is 3. The molecule has 1 aromatic carbocycles. The molecule has 1 heterocycles. The molecular formula is C58H103N3O6. The molecule has 0 aliphatic rings. The number of para-hydroxylation sites is 1. The zero-order valence-corrected chi connectivity index (χ0v) is 44.0. The topological polar surface area (TPSA) is 113 Å². The first-order chi connectivity index (χ1) is 32.8. The van der Waals surface area contributed by atoms with Crippen LogP contribution in [0.1, 0.15) is 251 Å². The Labute approximate surface area is 411 Å². The van der Waals surface area contributed by atoms with Crippen LogP contribution in [-0.2, 0) is 42.1 Å². The zero-order valence-electron chi connectivity index (χ0n) is 44.0. The standard InChI is InChI=1S/C58H103N3O6/c1-5-8-11-14-17-18-19-25-36-47-65-56(62)42-30-26-34-45-61(46-35-37-48-66-58(64)54(59)49-51-50-60(4)55-41-32-31-40-53(51)55)44-33-24-20-23-29-43-57(63)67-52(38-27-21-15-12-9-6-2)39-28-22-16-13-10-7-3/h31-32,40-41,50,52,54H,5-30,33-39,42-49,59H2,1-4H3. The third kappa shape index (κ3) is 31.8. The maximum atomic E-state index is 12.9. The molecule has 1 atom stereocenters. The van der Waals surface area contributed by atoms with E-state index in [1.165, 1.54) is 109 Å². The first-order valence-electron chi connectivity index (χ1n) is 28.3. The van der Waals surface area contributed by atoms with Gasteiger partial charge in [-0.3, -0.25) is 14.4 Å². The lowest BCUT2D eigenvalue weighted by atomic mass is 10.0. The number of aryl methyl sites for hydroxylation is 1. The minimum absolute atomic E-state index is 0.00214. The number of ether oxygens (including phenoxy) is 3. The highest BCUT2D eigenvalue weighted by Gasteiger charge is 2.19. The molecule has 1 unspecified atom stereocenters. The molecule has 0 saturated carbocycles. The molecule has 2 N–H and O–H groups in total. The molecule has 0 radical (unpaired) electrons. The average molecular weight is 938 g/mol. The van der Waals surface area contributed by atoms with Crippen LogP contribution in [0.5, 0.6) is 0 Å². The number of unbranched alkanes of at least 4 members (excludes halogenated alkanes) is 25. The summed E-state index contributed by atoms with van der Waals surface area (Å²) < 4.78 is 19.4. The first-order valence-corrected chi connectivity index (χ1v) is 28.3. The molecule has 0 aliphatic carbocycles. The Morgan fingerprint density at radius 1 is 0.537 bits per heavy atom. The molecule has 2 rings (SSSR count). The summed E-state index contributed by atoms with van der Waals surface area (Å²) in [6.45, 7) is 10.7. The Kier molecular flexibility index (Phi) is 37.8. The van der Waals surface area contributed by atoms with Crippen LogP contribution in [0, 0.1) is 0 Å². The Hall–Kier alpha value is -2.91. The van der Waals surface area contributed by atoms with Crippen molar-refractivity contribution in [2.75, 3.05) is 32.8 Å². The Balaban J connectivity index is 1.71. The molecule has 0 saturated heterocycles. The van der Waals surface area contributed by atoms with Crippen molar-refractivity contribution in [1.29, 1.82) is 0 Å². The number of aromatic nitrogens is 1. The average Bonchev–Trinajstić information content (AvgIpc) is 3.64. The van der Waals surface area contributed by atoms with E-state index in [0.717, 1.165) is 139 Å². The van der Waals surface area contributed by atoms with Crippen LogP contribution in [0.4, 0.5) is 0 Å². The fourth-order valence-corrected chi connectivity index (χ4v) is 9.36. The van der Waals surface area contributed by atoms with Crippen molar-refractivity contribution in [2.45, 2.75) is 264 Å². The minimum Gasteiger partial charge on any atom is -0.466 e. The van der Waals surface area contributed by atoms with Crippen LogP contribution >= 0.6 is 0 Å². The van der Waals surface area contributed by atoms with Gasteiger partial charge in [-0.05, 0) is 102 Å². The van der Waals surface area contributed by atoms with E-state index in [2.05, 4.69) is 48.6 Å². The number of nitrogens with zero attached hydrogens (tertiary/aromatic N) is 2. The van der Waals surface area contributed by atoms with Gasteiger partial charge in [-0.25, -0.2) is 0 Å². The summed E-state index contributed by atoms with van der Waals surface area (Å²) in [5.41, 5.74) is 8.51. The first kappa shape index (κ1) is 60.2. The maximum Gasteiger partial charge on any atom is 0.323 e. The van der Waals surface area contributed by atoms with Crippen molar-refractivity contribution in [2.24, 2.45) is 12.8 Å². The number of benzene rings is 1. The summed E-state index contributed by atoms with van der Waals surface area (Å²) in [5, 5.41) is 1.12. The highest BCUT2D eigenvalue weighted by molar-refractivity contribution is 5.85. The Morgan fingerprint density at radius 3 is 1.55 bits per heavy atom. The van der Waals surface area contributed by atoms with E-state index in [1.807, 2.05) is 19.2 Å². The van der Waals surface area contributed by atoms with E-state index >= 15 is 0 Å². The lowest BCUT2D eigenvalue weighted by Gasteiger charge is -2.22. The third-order valence-electron chi connectivity index (χ3n) is 13.6. The number of nitrogens with two attached hydrogens (primary N) is 1. The summed E-state index contributed by atoms with van der Waals surface area (Å²) in [6.07, 6.45) is 42.2. The van der Waals surface area contributed by atoms with Crippen LogP contribution in [-0.4, -0.2) is 72.4 Å². The van der Waals surface area contributed by atoms with E-state index in [1.54, 1.807) is 0 Å². The van der Waals surface area contributed by atoms with Crippen molar-refractivity contribution in [3.8, 4) is 0 Å². The summed E-state index contributed by atoms with van der Waals surface area (Å²) >= 11 is 0. The molecule has 0 spiro atoms. The Morgan fingerprint density at radius 2 is 0.970 bits per heavy atom. The minimum atomic E-state index is -0.693. The number of carbonyl (C=O) groups is 3. The second-order valence-corrected chi connectivity index (χ2v) is 19.9. The van der Waals surface area contributed by atoms with Crippen LogP contribution < -0.4 is 5.73 Å². The van der Waals surface area contributed by atoms with E-state index in [0.29, 0.717) is 32.5 Å². The number of rotatable bonds is 47. The van der Waals surface area contributed by atoms with Crippen molar-refractivity contribution < 1.29 is 28.6 Å². The van der Waals surface area contributed by atoms with Gasteiger partial charge in [0.1, 0.15) is 12.1 Å². The maximum absolute atomic E-state index is 12.9. The van der Waals surface area contributed by atoms with E-state index in [4.69, 9.17) is 19.9 Å². The molecule has 0 aliphatic heterocycles. The summed E-state index contributed by atoms with van der Waals surface area (Å²) in [4.78, 5) is 40.7. The molecule has 0 bridgehead atoms. The van der Waals surface area contributed by atoms with Gasteiger partial charge in [0.05, 0.1) is 13.2 Å². The molecule has 1 aromatic heterocycles. The summed E-state index contributed by atoms with van der Waals surface area (Å²) in [7, 11) is 2.01. The fraction of sp³-hybridized carbons (Fsp3) is 0.810. The second-order valence-electron chi connectivity index (χ2n) is 19.9. The molecule has 386 valence electrons. The van der Waals surface area contributed by atoms with Crippen molar-refractivity contribution in [3.63, 3.8) is 0 Å². The van der Waals surface area contributed by atoms with Crippen molar-refractivity contribution >= 4 is 28.8 Å². The SMILES string of the molecule is CCCCCCCCCCCOC(=O)CCCCCN(CCCCCCCC(=O)OC(CCCCCCCC)CCCCCCCC)CCCCOC(=O)C(N)Cc1cn(C)c2ccccc12. The number of fused-ring (bicyclic) bond motifs is 1. The van der Waals surface area contributed by atoms with E-state index < -0.39 is 6.04 Å². The van der Waals surface area contributed by atoms with Gasteiger partial charge < -0.3 is 29.4 Å². The molecule has 67 heavy (non-hydrogen) atoms. The smallest absolute Gasteiger partial charge is 0.323 e.